The number of nitrogens with zero attached hydrogens (tertiary/aromatic N) is 3. The summed E-state index contributed by atoms with van der Waals surface area (Å²) in [7, 11) is 0. The summed E-state index contributed by atoms with van der Waals surface area (Å²) in [6, 6.07) is 8.87. The number of carbonyl (C=O) groups is 1. The predicted octanol–water partition coefficient (Wildman–Crippen LogP) is 2.56. The van der Waals surface area contributed by atoms with Crippen molar-refractivity contribution in [1.82, 2.24) is 20.0 Å². The lowest BCUT2D eigenvalue weighted by Crippen LogP contribution is -2.43. The Hall–Kier alpha value is -1.59. The molecule has 0 bridgehead atoms. The molecule has 144 valence electrons. The molecule has 1 fully saturated rings. The third kappa shape index (κ3) is 5.45. The lowest BCUT2D eigenvalue weighted by atomic mass is 10.00. The maximum Gasteiger partial charge on any atom is 0.317 e. The molecule has 1 aromatic rings. The number of nitrogens with one attached hydrogen (secondary N) is 1. The highest BCUT2D eigenvalue weighted by atomic mass is 16.2. The topological polar surface area (TPSA) is 38.8 Å². The number of hydrogen-bond donors (Lipinski definition) is 1. The first-order valence-electron chi connectivity index (χ1n) is 10.3. The lowest BCUT2D eigenvalue weighted by molar-refractivity contribution is 0.196. The molecule has 1 saturated heterocycles. The van der Waals surface area contributed by atoms with E-state index >= 15 is 0 Å². The van der Waals surface area contributed by atoms with Gasteiger partial charge in [0.25, 0.3) is 0 Å². The molecule has 0 atom stereocenters. The second kappa shape index (κ2) is 9.93. The van der Waals surface area contributed by atoms with Gasteiger partial charge in [0.1, 0.15) is 0 Å². The van der Waals surface area contributed by atoms with E-state index in [0.29, 0.717) is 0 Å². The zero-order valence-electron chi connectivity index (χ0n) is 16.3. The minimum atomic E-state index is 0.118. The van der Waals surface area contributed by atoms with Gasteiger partial charge in [-0.3, -0.25) is 4.90 Å². The van der Waals surface area contributed by atoms with Gasteiger partial charge in [-0.1, -0.05) is 31.2 Å². The van der Waals surface area contributed by atoms with Crippen LogP contribution in [0.15, 0.2) is 24.3 Å². The van der Waals surface area contributed by atoms with Gasteiger partial charge in [-0.05, 0) is 49.9 Å². The van der Waals surface area contributed by atoms with Crippen molar-refractivity contribution < 1.29 is 4.79 Å². The number of fused-ring (bicyclic) bond motifs is 1. The first-order valence-corrected chi connectivity index (χ1v) is 10.3. The van der Waals surface area contributed by atoms with Gasteiger partial charge in [0.2, 0.25) is 0 Å². The molecular formula is C21H34N4O. The van der Waals surface area contributed by atoms with E-state index in [2.05, 4.69) is 46.3 Å². The van der Waals surface area contributed by atoms with Gasteiger partial charge in [0.15, 0.2) is 0 Å². The highest BCUT2D eigenvalue weighted by Crippen LogP contribution is 2.18. The van der Waals surface area contributed by atoms with Crippen molar-refractivity contribution in [2.24, 2.45) is 0 Å². The van der Waals surface area contributed by atoms with E-state index in [1.54, 1.807) is 0 Å². The molecule has 0 radical (unpaired) electrons. The van der Waals surface area contributed by atoms with Gasteiger partial charge in [0.05, 0.1) is 0 Å². The maximum absolute atomic E-state index is 12.4. The van der Waals surface area contributed by atoms with E-state index in [1.807, 2.05) is 4.90 Å². The van der Waals surface area contributed by atoms with Crippen molar-refractivity contribution in [3.05, 3.63) is 35.4 Å². The quantitative estimate of drug-likeness (QED) is 0.795. The molecule has 2 aliphatic rings. The van der Waals surface area contributed by atoms with Gasteiger partial charge >= 0.3 is 6.03 Å². The number of benzene rings is 1. The molecule has 0 unspecified atom stereocenters. The summed E-state index contributed by atoms with van der Waals surface area (Å²) in [5.74, 6) is 0. The van der Waals surface area contributed by atoms with E-state index in [4.69, 9.17) is 0 Å². The Bertz CT molecular complexity index is 577. The van der Waals surface area contributed by atoms with Crippen molar-refractivity contribution in [3.63, 3.8) is 0 Å². The van der Waals surface area contributed by atoms with E-state index in [0.717, 1.165) is 78.2 Å². The smallest absolute Gasteiger partial charge is 0.317 e. The summed E-state index contributed by atoms with van der Waals surface area (Å²) in [6.45, 7) is 11.2. The van der Waals surface area contributed by atoms with Gasteiger partial charge < -0.3 is 15.1 Å². The summed E-state index contributed by atoms with van der Waals surface area (Å²) < 4.78 is 0. The first kappa shape index (κ1) is 19.2. The summed E-state index contributed by atoms with van der Waals surface area (Å²) in [6.07, 6.45) is 4.43. The normalized spacial score (nSPS) is 19.0. The third-order valence-corrected chi connectivity index (χ3v) is 5.55. The minimum absolute atomic E-state index is 0.118. The Morgan fingerprint density at radius 3 is 2.69 bits per heavy atom. The molecular weight excluding hydrogens is 324 g/mol. The molecule has 0 aromatic heterocycles. The standard InChI is InChI=1S/C21H34N4O/c1-2-11-23-13-6-14-25(17-16-23)21(26)22-10-5-12-24-15-9-19-7-3-4-8-20(19)18-24/h3-4,7-8H,2,5-6,9-18H2,1H3,(H,22,26). The zero-order chi connectivity index (χ0) is 18.2. The van der Waals surface area contributed by atoms with Crippen LogP contribution in [0.4, 0.5) is 4.79 Å². The Labute approximate surface area is 158 Å². The van der Waals surface area contributed by atoms with Crippen LogP contribution in [-0.2, 0) is 13.0 Å². The van der Waals surface area contributed by atoms with Crippen LogP contribution in [0.5, 0.6) is 0 Å². The number of urea groups is 1. The van der Waals surface area contributed by atoms with E-state index in [-0.39, 0.29) is 6.03 Å². The molecule has 1 N–H and O–H groups in total. The molecule has 2 amide bonds. The SMILES string of the molecule is CCCN1CCCN(C(=O)NCCCN2CCc3ccccc3C2)CC1. The Morgan fingerprint density at radius 2 is 1.85 bits per heavy atom. The van der Waals surface area contributed by atoms with E-state index in [9.17, 15) is 4.79 Å². The van der Waals surface area contributed by atoms with Crippen LogP contribution in [0.25, 0.3) is 0 Å². The van der Waals surface area contributed by atoms with E-state index < -0.39 is 0 Å². The van der Waals surface area contributed by atoms with Crippen molar-refractivity contribution in [1.29, 1.82) is 0 Å². The molecule has 1 aromatic carbocycles. The molecule has 3 rings (SSSR count). The second-order valence-electron chi connectivity index (χ2n) is 7.56. The average molecular weight is 359 g/mol. The van der Waals surface area contributed by atoms with E-state index in [1.165, 1.54) is 17.5 Å². The van der Waals surface area contributed by atoms with Crippen molar-refractivity contribution in [2.75, 3.05) is 52.4 Å². The summed E-state index contributed by atoms with van der Waals surface area (Å²) in [5.41, 5.74) is 2.96. The Morgan fingerprint density at radius 1 is 1.00 bits per heavy atom. The third-order valence-electron chi connectivity index (χ3n) is 5.55. The van der Waals surface area contributed by atoms with Crippen LogP contribution in [0.2, 0.25) is 0 Å². The van der Waals surface area contributed by atoms with Crippen molar-refractivity contribution >= 4 is 6.03 Å². The van der Waals surface area contributed by atoms with Crippen LogP contribution in [0, 0.1) is 0 Å². The molecule has 0 aliphatic carbocycles. The fraction of sp³-hybridized carbons (Fsp3) is 0.667. The number of amides is 2. The van der Waals surface area contributed by atoms with Gasteiger partial charge in [-0.15, -0.1) is 0 Å². The Balaban J connectivity index is 1.33. The van der Waals surface area contributed by atoms with Gasteiger partial charge in [-0.25, -0.2) is 4.79 Å². The van der Waals surface area contributed by atoms with Crippen LogP contribution >= 0.6 is 0 Å². The maximum atomic E-state index is 12.4. The van der Waals surface area contributed by atoms with Gasteiger partial charge in [0, 0.05) is 45.8 Å². The highest BCUT2D eigenvalue weighted by molar-refractivity contribution is 5.74. The van der Waals surface area contributed by atoms with Gasteiger partial charge in [-0.2, -0.15) is 0 Å². The van der Waals surface area contributed by atoms with Crippen molar-refractivity contribution in [2.45, 2.75) is 39.2 Å². The lowest BCUT2D eigenvalue weighted by Gasteiger charge is -2.28. The minimum Gasteiger partial charge on any atom is -0.338 e. The van der Waals surface area contributed by atoms with Crippen LogP contribution in [-0.4, -0.2) is 73.1 Å². The highest BCUT2D eigenvalue weighted by Gasteiger charge is 2.19. The molecule has 0 saturated carbocycles. The Kier molecular flexibility index (Phi) is 7.32. The molecule has 5 heteroatoms. The fourth-order valence-electron chi connectivity index (χ4n) is 4.07. The predicted molar refractivity (Wildman–Crippen MR) is 106 cm³/mol. The number of hydrogen-bond acceptors (Lipinski definition) is 3. The molecule has 26 heavy (non-hydrogen) atoms. The summed E-state index contributed by atoms with van der Waals surface area (Å²) >= 11 is 0. The summed E-state index contributed by atoms with van der Waals surface area (Å²) in [4.78, 5) is 19.4. The molecule has 0 spiro atoms. The fourth-order valence-corrected chi connectivity index (χ4v) is 4.07. The monoisotopic (exact) mass is 358 g/mol. The zero-order valence-corrected chi connectivity index (χ0v) is 16.3. The van der Waals surface area contributed by atoms with Crippen molar-refractivity contribution in [3.8, 4) is 0 Å². The molecule has 5 nitrogen and oxygen atoms in total. The van der Waals surface area contributed by atoms with Crippen LogP contribution in [0.3, 0.4) is 0 Å². The number of rotatable bonds is 6. The van der Waals surface area contributed by atoms with Crippen LogP contribution in [0.1, 0.15) is 37.3 Å². The largest absolute Gasteiger partial charge is 0.338 e. The molecule has 2 aliphatic heterocycles. The van der Waals surface area contributed by atoms with Crippen LogP contribution < -0.4 is 5.32 Å². The second-order valence-corrected chi connectivity index (χ2v) is 7.56. The number of carbonyl (C=O) groups excluding carboxylic acids is 1. The average Bonchev–Trinajstić information content (AvgIpc) is 2.91. The first-order chi connectivity index (χ1) is 12.8. The summed E-state index contributed by atoms with van der Waals surface area (Å²) in [5, 5.41) is 3.13. The molecule has 2 heterocycles.